The Morgan fingerprint density at radius 2 is 1.89 bits per heavy atom. The van der Waals surface area contributed by atoms with E-state index in [2.05, 4.69) is 14.9 Å². The molecule has 2 aromatic carbocycles. The van der Waals surface area contributed by atoms with Crippen molar-refractivity contribution >= 4 is 27.5 Å². The Morgan fingerprint density at radius 1 is 1.21 bits per heavy atom. The topological polar surface area (TPSA) is 128 Å². The highest BCUT2D eigenvalue weighted by Gasteiger charge is 2.23. The van der Waals surface area contributed by atoms with Crippen LogP contribution in [0.15, 0.2) is 51.9 Å². The average Bonchev–Trinajstić information content (AvgIpc) is 3.12. The lowest BCUT2D eigenvalue weighted by atomic mass is 10.1. The van der Waals surface area contributed by atoms with Crippen LogP contribution in [0.5, 0.6) is 0 Å². The number of nitrogens with zero attached hydrogens (tertiary/aromatic N) is 2. The number of aromatic nitrogens is 2. The van der Waals surface area contributed by atoms with Crippen molar-refractivity contribution in [3.05, 3.63) is 64.4 Å². The summed E-state index contributed by atoms with van der Waals surface area (Å²) >= 11 is 5.85. The number of aryl methyl sites for hydroxylation is 1. The molecule has 0 aliphatic carbocycles. The van der Waals surface area contributed by atoms with Crippen molar-refractivity contribution in [1.82, 2.24) is 14.9 Å². The van der Waals surface area contributed by atoms with Crippen molar-refractivity contribution in [3.63, 3.8) is 0 Å². The summed E-state index contributed by atoms with van der Waals surface area (Å²) in [7, 11) is -3.94. The normalized spacial score (nSPS) is 12.7. The van der Waals surface area contributed by atoms with Gasteiger partial charge in [-0.2, -0.15) is 4.98 Å². The maximum absolute atomic E-state index is 12.7. The molecule has 10 heteroatoms. The van der Waals surface area contributed by atoms with Gasteiger partial charge in [-0.1, -0.05) is 22.8 Å². The van der Waals surface area contributed by atoms with Gasteiger partial charge < -0.3 is 10.3 Å². The SMILES string of the molecule is Cc1ccc(S(=O)(=O)N[C@H](C)c2noc(-c3ccc(Cl)cc3)n2)cc1C(N)=O. The predicted molar refractivity (Wildman–Crippen MR) is 103 cm³/mol. The fourth-order valence-electron chi connectivity index (χ4n) is 2.51. The molecule has 3 aromatic rings. The van der Waals surface area contributed by atoms with Crippen LogP contribution in [0.25, 0.3) is 11.5 Å². The van der Waals surface area contributed by atoms with E-state index < -0.39 is 22.0 Å². The van der Waals surface area contributed by atoms with Gasteiger partial charge in [-0.25, -0.2) is 13.1 Å². The summed E-state index contributed by atoms with van der Waals surface area (Å²) in [4.78, 5) is 15.6. The van der Waals surface area contributed by atoms with E-state index in [0.29, 0.717) is 16.1 Å². The summed E-state index contributed by atoms with van der Waals surface area (Å²) < 4.78 is 33.0. The van der Waals surface area contributed by atoms with Crippen LogP contribution in [0.2, 0.25) is 5.02 Å². The first-order chi connectivity index (χ1) is 13.2. The molecule has 1 amide bonds. The fraction of sp³-hybridized carbons (Fsp3) is 0.167. The molecule has 0 bridgehead atoms. The highest BCUT2D eigenvalue weighted by molar-refractivity contribution is 7.89. The molecule has 0 aliphatic rings. The quantitative estimate of drug-likeness (QED) is 0.630. The standard InChI is InChI=1S/C18H17ClN4O4S/c1-10-3-8-14(9-15(10)16(20)24)28(25,26)23-11(2)17-21-18(27-22-17)12-4-6-13(19)7-5-12/h3-9,11,23H,1-2H3,(H2,20,24)/t11-/m1/s1. The van der Waals surface area contributed by atoms with E-state index in [-0.39, 0.29) is 22.2 Å². The second-order valence-electron chi connectivity index (χ2n) is 6.15. The zero-order chi connectivity index (χ0) is 20.5. The van der Waals surface area contributed by atoms with Crippen molar-refractivity contribution in [2.45, 2.75) is 24.8 Å². The highest BCUT2D eigenvalue weighted by atomic mass is 35.5. The average molecular weight is 421 g/mol. The van der Waals surface area contributed by atoms with Crippen LogP contribution in [0.4, 0.5) is 0 Å². The largest absolute Gasteiger partial charge is 0.366 e. The number of halogens is 1. The third-order valence-electron chi connectivity index (χ3n) is 4.04. The van der Waals surface area contributed by atoms with Crippen molar-refractivity contribution < 1.29 is 17.7 Å². The lowest BCUT2D eigenvalue weighted by Gasteiger charge is -2.12. The van der Waals surface area contributed by atoms with Crippen LogP contribution in [0.3, 0.4) is 0 Å². The number of carbonyl (C=O) groups excluding carboxylic acids is 1. The molecule has 0 aliphatic heterocycles. The second-order valence-corrected chi connectivity index (χ2v) is 8.30. The monoisotopic (exact) mass is 420 g/mol. The van der Waals surface area contributed by atoms with Crippen LogP contribution in [0, 0.1) is 6.92 Å². The Balaban J connectivity index is 1.82. The Kier molecular flexibility index (Phi) is 5.50. The third kappa shape index (κ3) is 4.22. The summed E-state index contributed by atoms with van der Waals surface area (Å²) in [5, 5.41) is 4.40. The number of nitrogens with one attached hydrogen (secondary N) is 1. The Labute approximate surface area is 166 Å². The summed E-state index contributed by atoms with van der Waals surface area (Å²) in [5.41, 5.74) is 6.67. The molecule has 8 nitrogen and oxygen atoms in total. The van der Waals surface area contributed by atoms with Crippen molar-refractivity contribution in [3.8, 4) is 11.5 Å². The minimum Gasteiger partial charge on any atom is -0.366 e. The number of rotatable bonds is 6. The molecule has 28 heavy (non-hydrogen) atoms. The fourth-order valence-corrected chi connectivity index (χ4v) is 3.86. The molecule has 3 rings (SSSR count). The molecule has 1 aromatic heterocycles. The first-order valence-corrected chi connectivity index (χ1v) is 10.1. The molecule has 0 saturated heterocycles. The molecular formula is C18H17ClN4O4S. The molecule has 146 valence electrons. The van der Waals surface area contributed by atoms with Gasteiger partial charge in [0.1, 0.15) is 0 Å². The summed E-state index contributed by atoms with van der Waals surface area (Å²) in [6.07, 6.45) is 0. The maximum atomic E-state index is 12.7. The van der Waals surface area contributed by atoms with Gasteiger partial charge in [0.15, 0.2) is 5.82 Å². The van der Waals surface area contributed by atoms with Crippen molar-refractivity contribution in [1.29, 1.82) is 0 Å². The number of carbonyl (C=O) groups is 1. The van der Waals surface area contributed by atoms with E-state index >= 15 is 0 Å². The molecule has 0 radical (unpaired) electrons. The van der Waals surface area contributed by atoms with Crippen LogP contribution < -0.4 is 10.5 Å². The number of amides is 1. The highest BCUT2D eigenvalue weighted by Crippen LogP contribution is 2.23. The molecule has 0 unspecified atom stereocenters. The number of primary amides is 1. The lowest BCUT2D eigenvalue weighted by Crippen LogP contribution is -2.28. The first kappa shape index (κ1) is 20.0. The number of sulfonamides is 1. The van der Waals surface area contributed by atoms with Crippen molar-refractivity contribution in [2.24, 2.45) is 5.73 Å². The first-order valence-electron chi connectivity index (χ1n) is 8.19. The zero-order valence-corrected chi connectivity index (χ0v) is 16.6. The van der Waals surface area contributed by atoms with Gasteiger partial charge in [-0.15, -0.1) is 0 Å². The van der Waals surface area contributed by atoms with E-state index in [9.17, 15) is 13.2 Å². The molecular weight excluding hydrogens is 404 g/mol. The molecule has 1 heterocycles. The summed E-state index contributed by atoms with van der Waals surface area (Å²) in [6.45, 7) is 3.25. The van der Waals surface area contributed by atoms with E-state index in [1.807, 2.05) is 0 Å². The summed E-state index contributed by atoms with van der Waals surface area (Å²) in [6, 6.07) is 10.2. The van der Waals surface area contributed by atoms with Crippen molar-refractivity contribution in [2.75, 3.05) is 0 Å². The zero-order valence-electron chi connectivity index (χ0n) is 15.0. The second kappa shape index (κ2) is 7.70. The van der Waals surface area contributed by atoms with Gasteiger partial charge in [0.2, 0.25) is 15.9 Å². The van der Waals surface area contributed by atoms with Crippen LogP contribution in [-0.4, -0.2) is 24.5 Å². The number of nitrogens with two attached hydrogens (primary N) is 1. The smallest absolute Gasteiger partial charge is 0.257 e. The number of benzene rings is 2. The molecule has 1 atom stereocenters. The Bertz CT molecular complexity index is 1130. The third-order valence-corrected chi connectivity index (χ3v) is 5.83. The van der Waals surface area contributed by atoms with Gasteiger partial charge in [-0.05, 0) is 55.8 Å². The number of hydrogen-bond donors (Lipinski definition) is 2. The predicted octanol–water partition coefficient (Wildman–Crippen LogP) is 2.84. The minimum absolute atomic E-state index is 0.0832. The van der Waals surface area contributed by atoms with Gasteiger partial charge >= 0.3 is 0 Å². The lowest BCUT2D eigenvalue weighted by molar-refractivity contribution is 0.0999. The van der Waals surface area contributed by atoms with E-state index in [1.54, 1.807) is 38.1 Å². The maximum Gasteiger partial charge on any atom is 0.257 e. The van der Waals surface area contributed by atoms with Gasteiger partial charge in [0.05, 0.1) is 10.9 Å². The van der Waals surface area contributed by atoms with Gasteiger partial charge in [0, 0.05) is 16.1 Å². The summed E-state index contributed by atoms with van der Waals surface area (Å²) in [5.74, 6) is -0.298. The molecule has 0 fully saturated rings. The molecule has 0 saturated carbocycles. The molecule has 3 N–H and O–H groups in total. The Morgan fingerprint density at radius 3 is 2.54 bits per heavy atom. The van der Waals surface area contributed by atoms with Crippen LogP contribution in [-0.2, 0) is 10.0 Å². The van der Waals surface area contributed by atoms with E-state index in [4.69, 9.17) is 21.9 Å². The number of hydrogen-bond acceptors (Lipinski definition) is 6. The van der Waals surface area contributed by atoms with Crippen LogP contribution >= 0.6 is 11.6 Å². The van der Waals surface area contributed by atoms with E-state index in [1.165, 1.54) is 18.2 Å². The minimum atomic E-state index is -3.94. The van der Waals surface area contributed by atoms with Gasteiger partial charge in [-0.3, -0.25) is 4.79 Å². The van der Waals surface area contributed by atoms with Crippen LogP contribution in [0.1, 0.15) is 34.7 Å². The Hall–Kier alpha value is -2.75. The van der Waals surface area contributed by atoms with E-state index in [0.717, 1.165) is 0 Å². The van der Waals surface area contributed by atoms with Gasteiger partial charge in [0.25, 0.3) is 5.89 Å². The molecule has 0 spiro atoms.